The van der Waals surface area contributed by atoms with Crippen molar-refractivity contribution in [2.24, 2.45) is 17.6 Å². The fourth-order valence-electron chi connectivity index (χ4n) is 3.83. The van der Waals surface area contributed by atoms with Gasteiger partial charge in [0.2, 0.25) is 5.91 Å². The molecule has 0 bridgehead atoms. The molecule has 2 atom stereocenters. The second kappa shape index (κ2) is 9.12. The van der Waals surface area contributed by atoms with Crippen molar-refractivity contribution >= 4 is 29.9 Å². The van der Waals surface area contributed by atoms with Crippen molar-refractivity contribution in [3.8, 4) is 0 Å². The van der Waals surface area contributed by atoms with Gasteiger partial charge in [-0.2, -0.15) is 0 Å². The van der Waals surface area contributed by atoms with Gasteiger partial charge in [-0.3, -0.25) is 9.69 Å². The number of likely N-dealkylation sites (tertiary alicyclic amines) is 1. The number of hydrogen-bond acceptors (Lipinski definition) is 4. The largest absolute Gasteiger partial charge is 0.392 e. The fourth-order valence-corrected chi connectivity index (χ4v) is 3.83. The molecule has 3 N–H and O–H groups in total. The van der Waals surface area contributed by atoms with Gasteiger partial charge in [0.1, 0.15) is 0 Å². The predicted octanol–water partition coefficient (Wildman–Crippen LogP) is 1.90. The van der Waals surface area contributed by atoms with Crippen LogP contribution in [0.2, 0.25) is 0 Å². The number of amides is 1. The minimum absolute atomic E-state index is 0. The smallest absolute Gasteiger partial charge is 0.223 e. The quantitative estimate of drug-likeness (QED) is 0.678. The van der Waals surface area contributed by atoms with Crippen molar-refractivity contribution in [2.75, 3.05) is 19.7 Å². The Morgan fingerprint density at radius 3 is 2.38 bits per heavy atom. The van der Waals surface area contributed by atoms with Gasteiger partial charge in [0.05, 0.1) is 18.6 Å². The molecular weight excluding hydrogens is 419 g/mol. The molecule has 6 heteroatoms. The van der Waals surface area contributed by atoms with E-state index in [1.807, 2.05) is 12.1 Å². The van der Waals surface area contributed by atoms with E-state index < -0.39 is 0 Å². The molecule has 0 saturated carbocycles. The third-order valence-electron chi connectivity index (χ3n) is 5.21. The van der Waals surface area contributed by atoms with Crippen LogP contribution in [0, 0.1) is 11.8 Å². The van der Waals surface area contributed by atoms with Crippen LogP contribution in [0.1, 0.15) is 30.4 Å². The number of ether oxygens (including phenoxy) is 1. The summed E-state index contributed by atoms with van der Waals surface area (Å²) in [5.74, 6) is 0.138. The third kappa shape index (κ3) is 4.68. The van der Waals surface area contributed by atoms with Crippen molar-refractivity contribution in [3.05, 3.63) is 35.4 Å². The lowest BCUT2D eigenvalue weighted by atomic mass is 9.84. The molecule has 1 amide bonds. The summed E-state index contributed by atoms with van der Waals surface area (Å²) in [6.45, 7) is 3.74. The molecule has 3 rings (SSSR count). The standard InChI is InChI=1S/C18H26N2O3.HI/c19-18(22)16-7-10-23-17(16)15-5-8-20(9-6-15)11-13-1-3-14(12-21)4-2-13;/h1-4,15-17,21H,5-12H2,(H2,19,22);1H/t16-,17+;/m0./s1. The number of piperidine rings is 1. The van der Waals surface area contributed by atoms with Gasteiger partial charge in [-0.15, -0.1) is 24.0 Å². The molecular formula is C18H27IN2O3. The monoisotopic (exact) mass is 446 g/mol. The molecule has 2 heterocycles. The second-order valence-electron chi connectivity index (χ2n) is 6.72. The van der Waals surface area contributed by atoms with E-state index in [-0.39, 0.29) is 48.5 Å². The molecule has 0 aliphatic carbocycles. The highest BCUT2D eigenvalue weighted by Gasteiger charge is 2.39. The Morgan fingerprint density at radius 2 is 1.79 bits per heavy atom. The van der Waals surface area contributed by atoms with Crippen LogP contribution in [0.4, 0.5) is 0 Å². The number of aliphatic hydroxyl groups excluding tert-OH is 1. The van der Waals surface area contributed by atoms with E-state index in [4.69, 9.17) is 15.6 Å². The molecule has 1 aromatic carbocycles. The van der Waals surface area contributed by atoms with Crippen LogP contribution >= 0.6 is 24.0 Å². The molecule has 5 nitrogen and oxygen atoms in total. The highest BCUT2D eigenvalue weighted by molar-refractivity contribution is 14.0. The molecule has 2 fully saturated rings. The average molecular weight is 446 g/mol. The van der Waals surface area contributed by atoms with E-state index in [2.05, 4.69) is 17.0 Å². The van der Waals surface area contributed by atoms with Crippen LogP contribution in [0.15, 0.2) is 24.3 Å². The highest BCUT2D eigenvalue weighted by Crippen LogP contribution is 2.33. The Bertz CT molecular complexity index is 530. The average Bonchev–Trinajstić information content (AvgIpc) is 3.06. The minimum Gasteiger partial charge on any atom is -0.392 e. The maximum absolute atomic E-state index is 11.5. The third-order valence-corrected chi connectivity index (χ3v) is 5.21. The zero-order chi connectivity index (χ0) is 16.2. The second-order valence-corrected chi connectivity index (χ2v) is 6.72. The Balaban J connectivity index is 0.00000208. The summed E-state index contributed by atoms with van der Waals surface area (Å²) in [5.41, 5.74) is 7.72. The number of benzene rings is 1. The fraction of sp³-hybridized carbons (Fsp3) is 0.611. The van der Waals surface area contributed by atoms with Gasteiger partial charge in [-0.25, -0.2) is 0 Å². The van der Waals surface area contributed by atoms with Crippen LogP contribution < -0.4 is 5.73 Å². The van der Waals surface area contributed by atoms with Gasteiger partial charge in [-0.05, 0) is 49.4 Å². The minimum atomic E-state index is -0.209. The number of hydrogen-bond donors (Lipinski definition) is 2. The summed E-state index contributed by atoms with van der Waals surface area (Å²) in [6.07, 6.45) is 2.92. The molecule has 2 saturated heterocycles. The SMILES string of the molecule is I.NC(=O)[C@H]1CCO[C@@H]1C1CCN(Cc2ccc(CO)cc2)CC1. The summed E-state index contributed by atoms with van der Waals surface area (Å²) in [4.78, 5) is 14.0. The molecule has 24 heavy (non-hydrogen) atoms. The summed E-state index contributed by atoms with van der Waals surface area (Å²) >= 11 is 0. The lowest BCUT2D eigenvalue weighted by molar-refractivity contribution is -0.124. The normalized spacial score (nSPS) is 25.4. The summed E-state index contributed by atoms with van der Waals surface area (Å²) in [6, 6.07) is 8.12. The van der Waals surface area contributed by atoms with E-state index in [1.54, 1.807) is 0 Å². The maximum Gasteiger partial charge on any atom is 0.223 e. The van der Waals surface area contributed by atoms with Crippen LogP contribution in [0.3, 0.4) is 0 Å². The van der Waals surface area contributed by atoms with Crippen molar-refractivity contribution in [3.63, 3.8) is 0 Å². The molecule has 0 radical (unpaired) electrons. The molecule has 0 aromatic heterocycles. The lowest BCUT2D eigenvalue weighted by Gasteiger charge is -2.35. The summed E-state index contributed by atoms with van der Waals surface area (Å²) < 4.78 is 5.80. The van der Waals surface area contributed by atoms with Gasteiger partial charge < -0.3 is 15.6 Å². The topological polar surface area (TPSA) is 75.8 Å². The molecule has 1 aromatic rings. The van der Waals surface area contributed by atoms with Crippen LogP contribution in [0.25, 0.3) is 0 Å². The first-order valence-electron chi connectivity index (χ1n) is 8.49. The number of carbonyl (C=O) groups is 1. The molecule has 2 aliphatic heterocycles. The number of nitrogens with zero attached hydrogens (tertiary/aromatic N) is 1. The molecule has 0 spiro atoms. The zero-order valence-electron chi connectivity index (χ0n) is 13.9. The molecule has 0 unspecified atom stereocenters. The first-order chi connectivity index (χ1) is 11.2. The van der Waals surface area contributed by atoms with Crippen LogP contribution in [0.5, 0.6) is 0 Å². The van der Waals surface area contributed by atoms with Crippen molar-refractivity contribution in [2.45, 2.75) is 38.5 Å². The van der Waals surface area contributed by atoms with Gasteiger partial charge >= 0.3 is 0 Å². The number of rotatable bonds is 5. The molecule has 134 valence electrons. The van der Waals surface area contributed by atoms with E-state index in [1.165, 1.54) is 5.56 Å². The Labute approximate surface area is 160 Å². The van der Waals surface area contributed by atoms with Crippen molar-refractivity contribution < 1.29 is 14.6 Å². The van der Waals surface area contributed by atoms with E-state index in [0.717, 1.165) is 44.5 Å². The number of nitrogens with two attached hydrogens (primary N) is 1. The predicted molar refractivity (Wildman–Crippen MR) is 103 cm³/mol. The van der Waals surface area contributed by atoms with Gasteiger partial charge in [0.25, 0.3) is 0 Å². The number of halogens is 1. The maximum atomic E-state index is 11.5. The zero-order valence-corrected chi connectivity index (χ0v) is 16.2. The van der Waals surface area contributed by atoms with E-state index in [0.29, 0.717) is 12.5 Å². The van der Waals surface area contributed by atoms with Crippen LogP contribution in [-0.2, 0) is 22.7 Å². The Morgan fingerprint density at radius 1 is 1.17 bits per heavy atom. The van der Waals surface area contributed by atoms with Crippen LogP contribution in [-0.4, -0.2) is 41.7 Å². The van der Waals surface area contributed by atoms with Gasteiger partial charge in [-0.1, -0.05) is 24.3 Å². The number of aliphatic hydroxyl groups is 1. The Hall–Kier alpha value is -0.700. The summed E-state index contributed by atoms with van der Waals surface area (Å²) in [5, 5.41) is 9.09. The first-order valence-corrected chi connectivity index (χ1v) is 8.49. The van der Waals surface area contributed by atoms with Gasteiger partial charge in [0.15, 0.2) is 0 Å². The lowest BCUT2D eigenvalue weighted by Crippen LogP contribution is -2.41. The van der Waals surface area contributed by atoms with Crippen molar-refractivity contribution in [1.82, 2.24) is 4.90 Å². The number of primary amides is 1. The van der Waals surface area contributed by atoms with E-state index >= 15 is 0 Å². The van der Waals surface area contributed by atoms with Crippen molar-refractivity contribution in [1.29, 1.82) is 0 Å². The van der Waals surface area contributed by atoms with E-state index in [9.17, 15) is 4.79 Å². The highest BCUT2D eigenvalue weighted by atomic mass is 127. The summed E-state index contributed by atoms with van der Waals surface area (Å²) in [7, 11) is 0. The molecule has 2 aliphatic rings. The van der Waals surface area contributed by atoms with Gasteiger partial charge in [0, 0.05) is 13.2 Å². The number of carbonyl (C=O) groups excluding carboxylic acids is 1. The first kappa shape index (κ1) is 19.6. The Kier molecular flexibility index (Phi) is 7.46.